The van der Waals surface area contributed by atoms with Gasteiger partial charge in [0.25, 0.3) is 0 Å². The molecular weight excluding hydrogens is 384 g/mol. The summed E-state index contributed by atoms with van der Waals surface area (Å²) in [4.78, 5) is 15.6. The SMILES string of the molecule is CCN1CCN(c2ccc(S(=O)(=O)Oc3cc(OC)cc(OC)c3)cc2)C1=O. The van der Waals surface area contributed by atoms with E-state index in [-0.39, 0.29) is 16.7 Å². The molecule has 0 saturated carbocycles. The van der Waals surface area contributed by atoms with Gasteiger partial charge in [0.15, 0.2) is 0 Å². The van der Waals surface area contributed by atoms with Crippen LogP contribution in [0.4, 0.5) is 10.5 Å². The smallest absolute Gasteiger partial charge is 0.339 e. The molecule has 0 bridgehead atoms. The number of methoxy groups -OCH3 is 2. The van der Waals surface area contributed by atoms with Gasteiger partial charge in [-0.15, -0.1) is 0 Å². The van der Waals surface area contributed by atoms with E-state index in [1.807, 2.05) is 6.92 Å². The number of carbonyl (C=O) groups excluding carboxylic acids is 1. The van der Waals surface area contributed by atoms with Gasteiger partial charge in [-0.1, -0.05) is 0 Å². The van der Waals surface area contributed by atoms with Crippen molar-refractivity contribution in [1.82, 2.24) is 4.90 Å². The maximum atomic E-state index is 12.6. The van der Waals surface area contributed by atoms with Crippen LogP contribution in [0.3, 0.4) is 0 Å². The number of likely N-dealkylation sites (N-methyl/N-ethyl adjacent to an activating group) is 1. The molecule has 28 heavy (non-hydrogen) atoms. The quantitative estimate of drug-likeness (QED) is 0.658. The van der Waals surface area contributed by atoms with Gasteiger partial charge in [0.05, 0.1) is 14.2 Å². The molecule has 0 aromatic heterocycles. The van der Waals surface area contributed by atoms with Crippen LogP contribution in [0.25, 0.3) is 0 Å². The van der Waals surface area contributed by atoms with E-state index >= 15 is 0 Å². The van der Waals surface area contributed by atoms with Crippen molar-refractivity contribution in [2.24, 2.45) is 0 Å². The fourth-order valence-electron chi connectivity index (χ4n) is 2.91. The number of hydrogen-bond donors (Lipinski definition) is 0. The zero-order valence-electron chi connectivity index (χ0n) is 15.9. The molecule has 2 aromatic rings. The number of amides is 2. The Balaban J connectivity index is 1.80. The average molecular weight is 406 g/mol. The summed E-state index contributed by atoms with van der Waals surface area (Å²) in [5, 5.41) is 0. The van der Waals surface area contributed by atoms with Crippen LogP contribution < -0.4 is 18.6 Å². The molecule has 1 heterocycles. The molecule has 0 unspecified atom stereocenters. The molecule has 2 aromatic carbocycles. The van der Waals surface area contributed by atoms with E-state index in [0.717, 1.165) is 0 Å². The lowest BCUT2D eigenvalue weighted by atomic mass is 10.3. The highest BCUT2D eigenvalue weighted by atomic mass is 32.2. The third-order valence-corrected chi connectivity index (χ3v) is 5.71. The minimum Gasteiger partial charge on any atom is -0.496 e. The van der Waals surface area contributed by atoms with E-state index < -0.39 is 10.1 Å². The minimum absolute atomic E-state index is 0.0166. The third-order valence-electron chi connectivity index (χ3n) is 4.44. The molecule has 0 atom stereocenters. The first-order chi connectivity index (χ1) is 13.4. The van der Waals surface area contributed by atoms with E-state index in [0.29, 0.717) is 36.8 Å². The minimum atomic E-state index is -4.06. The summed E-state index contributed by atoms with van der Waals surface area (Å²) in [7, 11) is -1.13. The highest BCUT2D eigenvalue weighted by molar-refractivity contribution is 7.87. The van der Waals surface area contributed by atoms with Gasteiger partial charge >= 0.3 is 16.1 Å². The summed E-state index contributed by atoms with van der Waals surface area (Å²) < 4.78 is 40.7. The Hall–Kier alpha value is -2.94. The van der Waals surface area contributed by atoms with E-state index in [1.165, 1.54) is 38.5 Å². The predicted octanol–water partition coefficient (Wildman–Crippen LogP) is 2.73. The largest absolute Gasteiger partial charge is 0.496 e. The number of ether oxygens (including phenoxy) is 2. The first kappa shape index (κ1) is 19.8. The molecular formula is C19H22N2O6S. The second-order valence-electron chi connectivity index (χ2n) is 6.09. The maximum Gasteiger partial charge on any atom is 0.339 e. The molecule has 8 nitrogen and oxygen atoms in total. The van der Waals surface area contributed by atoms with E-state index in [9.17, 15) is 13.2 Å². The number of hydrogen-bond acceptors (Lipinski definition) is 6. The molecule has 1 saturated heterocycles. The fourth-order valence-corrected chi connectivity index (χ4v) is 3.83. The zero-order chi connectivity index (χ0) is 20.3. The summed E-state index contributed by atoms with van der Waals surface area (Å²) in [5.74, 6) is 0.898. The van der Waals surface area contributed by atoms with Crippen molar-refractivity contribution in [2.45, 2.75) is 11.8 Å². The van der Waals surface area contributed by atoms with Crippen LogP contribution in [-0.4, -0.2) is 53.2 Å². The molecule has 0 N–H and O–H groups in total. The molecule has 0 radical (unpaired) electrons. The van der Waals surface area contributed by atoms with E-state index in [2.05, 4.69) is 0 Å². The van der Waals surface area contributed by atoms with Crippen molar-refractivity contribution >= 4 is 21.8 Å². The Kier molecular flexibility index (Phi) is 5.64. The van der Waals surface area contributed by atoms with Crippen molar-refractivity contribution < 1.29 is 26.9 Å². The second-order valence-corrected chi connectivity index (χ2v) is 7.64. The molecule has 0 spiro atoms. The highest BCUT2D eigenvalue weighted by Gasteiger charge is 2.28. The maximum absolute atomic E-state index is 12.6. The zero-order valence-corrected chi connectivity index (χ0v) is 16.7. The van der Waals surface area contributed by atoms with Crippen molar-refractivity contribution in [3.05, 3.63) is 42.5 Å². The van der Waals surface area contributed by atoms with Crippen LogP contribution in [-0.2, 0) is 10.1 Å². The first-order valence-corrected chi connectivity index (χ1v) is 10.1. The Labute approximate surface area is 164 Å². The van der Waals surface area contributed by atoms with Gasteiger partial charge in [0.1, 0.15) is 22.1 Å². The monoisotopic (exact) mass is 406 g/mol. The Bertz CT molecular complexity index is 937. The van der Waals surface area contributed by atoms with Crippen molar-refractivity contribution in [2.75, 3.05) is 38.8 Å². The lowest BCUT2D eigenvalue weighted by Crippen LogP contribution is -2.31. The Morgan fingerprint density at radius 2 is 1.50 bits per heavy atom. The van der Waals surface area contributed by atoms with Gasteiger partial charge in [-0.3, -0.25) is 4.90 Å². The molecule has 0 aliphatic carbocycles. The van der Waals surface area contributed by atoms with Crippen LogP contribution in [0.15, 0.2) is 47.4 Å². The van der Waals surface area contributed by atoms with Gasteiger partial charge in [-0.2, -0.15) is 8.42 Å². The molecule has 150 valence electrons. The number of benzene rings is 2. The summed E-state index contributed by atoms with van der Waals surface area (Å²) in [6.07, 6.45) is 0. The van der Waals surface area contributed by atoms with Crippen molar-refractivity contribution in [1.29, 1.82) is 0 Å². The summed E-state index contributed by atoms with van der Waals surface area (Å²) in [6, 6.07) is 10.5. The third kappa shape index (κ3) is 3.99. The van der Waals surface area contributed by atoms with Crippen LogP contribution in [0.1, 0.15) is 6.92 Å². The number of urea groups is 1. The van der Waals surface area contributed by atoms with E-state index in [1.54, 1.807) is 28.0 Å². The lowest BCUT2D eigenvalue weighted by Gasteiger charge is -2.17. The van der Waals surface area contributed by atoms with Gasteiger partial charge < -0.3 is 18.6 Å². The molecule has 1 aliphatic heterocycles. The Morgan fingerprint density at radius 3 is 2.00 bits per heavy atom. The number of carbonyl (C=O) groups is 1. The van der Waals surface area contributed by atoms with E-state index in [4.69, 9.17) is 13.7 Å². The van der Waals surface area contributed by atoms with Gasteiger partial charge in [0, 0.05) is 43.5 Å². The molecule has 3 rings (SSSR count). The number of rotatable bonds is 7. The second kappa shape index (κ2) is 7.97. The fraction of sp³-hybridized carbons (Fsp3) is 0.316. The highest BCUT2D eigenvalue weighted by Crippen LogP contribution is 2.30. The van der Waals surface area contributed by atoms with Gasteiger partial charge in [-0.25, -0.2) is 4.79 Å². The topological polar surface area (TPSA) is 85.4 Å². The van der Waals surface area contributed by atoms with Gasteiger partial charge in [0.2, 0.25) is 0 Å². The molecule has 1 aliphatic rings. The van der Waals surface area contributed by atoms with Gasteiger partial charge in [-0.05, 0) is 31.2 Å². The Morgan fingerprint density at radius 1 is 0.929 bits per heavy atom. The van der Waals surface area contributed by atoms with Crippen LogP contribution in [0.2, 0.25) is 0 Å². The molecule has 2 amide bonds. The van der Waals surface area contributed by atoms with Crippen LogP contribution in [0.5, 0.6) is 17.2 Å². The predicted molar refractivity (Wildman–Crippen MR) is 104 cm³/mol. The summed E-state index contributed by atoms with van der Waals surface area (Å²) in [6.45, 7) is 3.77. The molecule has 9 heteroatoms. The standard InChI is InChI=1S/C19H22N2O6S/c1-4-20-9-10-21(19(20)22)14-5-7-18(8-6-14)28(23,24)27-17-12-15(25-2)11-16(13-17)26-3/h5-8,11-13H,4,9-10H2,1-3H3. The number of anilines is 1. The average Bonchev–Trinajstić information content (AvgIpc) is 3.07. The van der Waals surface area contributed by atoms with Crippen LogP contribution in [0, 0.1) is 0 Å². The van der Waals surface area contributed by atoms with Crippen molar-refractivity contribution in [3.63, 3.8) is 0 Å². The number of nitrogens with zero attached hydrogens (tertiary/aromatic N) is 2. The molecule has 1 fully saturated rings. The van der Waals surface area contributed by atoms with Crippen LogP contribution >= 0.6 is 0 Å². The normalized spacial score (nSPS) is 14.3. The van der Waals surface area contributed by atoms with Crippen molar-refractivity contribution in [3.8, 4) is 17.2 Å². The summed E-state index contributed by atoms with van der Waals surface area (Å²) >= 11 is 0. The lowest BCUT2D eigenvalue weighted by molar-refractivity contribution is 0.223. The summed E-state index contributed by atoms with van der Waals surface area (Å²) in [5.41, 5.74) is 0.642. The first-order valence-electron chi connectivity index (χ1n) is 8.72.